The first kappa shape index (κ1) is 26.5. The number of hydrogen-bond acceptors (Lipinski definition) is 2. The molecule has 2 N–H and O–H groups in total. The Balaban J connectivity index is 0.00000450. The zero-order valence-corrected chi connectivity index (χ0v) is 20.1. The molecular formula is C21H32F3IN4O. The molecule has 9 heteroatoms. The number of aliphatic imine (C=N–C) groups is 1. The van der Waals surface area contributed by atoms with Gasteiger partial charge in [-0.2, -0.15) is 13.2 Å². The fourth-order valence-electron chi connectivity index (χ4n) is 3.24. The van der Waals surface area contributed by atoms with Crippen molar-refractivity contribution in [2.45, 2.75) is 51.6 Å². The van der Waals surface area contributed by atoms with Gasteiger partial charge in [0.25, 0.3) is 0 Å². The van der Waals surface area contributed by atoms with Gasteiger partial charge in [0, 0.05) is 38.0 Å². The molecule has 1 aromatic carbocycles. The Hall–Kier alpha value is -1.52. The number of amides is 1. The summed E-state index contributed by atoms with van der Waals surface area (Å²) >= 11 is 0. The monoisotopic (exact) mass is 540 g/mol. The van der Waals surface area contributed by atoms with Crippen LogP contribution in [0.15, 0.2) is 29.3 Å². The predicted octanol–water partition coefficient (Wildman–Crippen LogP) is 4.17. The molecule has 0 saturated carbocycles. The van der Waals surface area contributed by atoms with Crippen LogP contribution >= 0.6 is 24.0 Å². The van der Waals surface area contributed by atoms with Crippen molar-refractivity contribution in [3.05, 3.63) is 35.4 Å². The van der Waals surface area contributed by atoms with E-state index in [1.165, 1.54) is 12.1 Å². The van der Waals surface area contributed by atoms with E-state index in [1.807, 2.05) is 25.7 Å². The second kappa shape index (κ2) is 11.8. The lowest BCUT2D eigenvalue weighted by atomic mass is 9.84. The molecular weight excluding hydrogens is 508 g/mol. The van der Waals surface area contributed by atoms with Crippen LogP contribution in [-0.4, -0.2) is 49.5 Å². The van der Waals surface area contributed by atoms with Crippen LogP contribution in [0.5, 0.6) is 0 Å². The van der Waals surface area contributed by atoms with E-state index in [0.717, 1.165) is 32.0 Å². The van der Waals surface area contributed by atoms with E-state index in [1.54, 1.807) is 6.07 Å². The molecule has 0 unspecified atom stereocenters. The Bertz CT molecular complexity index is 722. The van der Waals surface area contributed by atoms with Gasteiger partial charge >= 0.3 is 6.18 Å². The van der Waals surface area contributed by atoms with Crippen molar-refractivity contribution in [3.8, 4) is 0 Å². The maximum atomic E-state index is 13.0. The van der Waals surface area contributed by atoms with Crippen molar-refractivity contribution in [3.63, 3.8) is 0 Å². The fraction of sp³-hybridized carbons (Fsp3) is 0.619. The van der Waals surface area contributed by atoms with E-state index >= 15 is 0 Å². The van der Waals surface area contributed by atoms with Crippen LogP contribution in [0.25, 0.3) is 0 Å². The van der Waals surface area contributed by atoms with Crippen LogP contribution in [0.2, 0.25) is 0 Å². The Kier molecular flexibility index (Phi) is 10.4. The largest absolute Gasteiger partial charge is 0.416 e. The Morgan fingerprint density at radius 2 is 1.90 bits per heavy atom. The number of nitrogens with one attached hydrogen (secondary N) is 2. The topological polar surface area (TPSA) is 56.7 Å². The highest BCUT2D eigenvalue weighted by Crippen LogP contribution is 2.32. The number of likely N-dealkylation sites (tertiary alicyclic amines) is 1. The molecule has 1 heterocycles. The molecule has 0 aromatic heterocycles. The van der Waals surface area contributed by atoms with Crippen molar-refractivity contribution in [1.82, 2.24) is 15.5 Å². The summed E-state index contributed by atoms with van der Waals surface area (Å²) in [6.07, 6.45) is -1.97. The van der Waals surface area contributed by atoms with Gasteiger partial charge in [0.2, 0.25) is 5.91 Å². The third-order valence-electron chi connectivity index (χ3n) is 5.02. The third kappa shape index (κ3) is 7.96. The SMILES string of the molecule is CCNC(=NCC(C)(C)c1cccc(C(F)(F)F)c1)NCCCN1CCCC1=O.I. The van der Waals surface area contributed by atoms with Gasteiger partial charge in [-0.05, 0) is 31.4 Å². The van der Waals surface area contributed by atoms with Gasteiger partial charge < -0.3 is 15.5 Å². The lowest BCUT2D eigenvalue weighted by molar-refractivity contribution is -0.137. The quantitative estimate of drug-likeness (QED) is 0.225. The molecule has 1 aromatic rings. The second-order valence-electron chi connectivity index (χ2n) is 7.92. The maximum Gasteiger partial charge on any atom is 0.416 e. The molecule has 2 rings (SSSR count). The first-order chi connectivity index (χ1) is 13.6. The summed E-state index contributed by atoms with van der Waals surface area (Å²) in [5.41, 5.74) is -0.598. The highest BCUT2D eigenvalue weighted by Gasteiger charge is 2.32. The second-order valence-corrected chi connectivity index (χ2v) is 7.92. The number of benzene rings is 1. The van der Waals surface area contributed by atoms with Crippen LogP contribution < -0.4 is 10.6 Å². The maximum absolute atomic E-state index is 13.0. The Morgan fingerprint density at radius 1 is 1.20 bits per heavy atom. The lowest BCUT2D eigenvalue weighted by Crippen LogP contribution is -2.40. The van der Waals surface area contributed by atoms with E-state index < -0.39 is 17.2 Å². The molecule has 1 saturated heterocycles. The highest BCUT2D eigenvalue weighted by atomic mass is 127. The molecule has 1 fully saturated rings. The third-order valence-corrected chi connectivity index (χ3v) is 5.02. The zero-order chi connectivity index (χ0) is 21.5. The number of rotatable bonds is 8. The average Bonchev–Trinajstić information content (AvgIpc) is 3.07. The molecule has 0 aliphatic carbocycles. The number of hydrogen-bond donors (Lipinski definition) is 2. The molecule has 0 atom stereocenters. The molecule has 5 nitrogen and oxygen atoms in total. The number of halogens is 4. The summed E-state index contributed by atoms with van der Waals surface area (Å²) in [5, 5.41) is 6.40. The van der Waals surface area contributed by atoms with Crippen LogP contribution in [-0.2, 0) is 16.4 Å². The smallest absolute Gasteiger partial charge is 0.357 e. The number of carbonyl (C=O) groups is 1. The van der Waals surface area contributed by atoms with Gasteiger partial charge in [0.1, 0.15) is 0 Å². The van der Waals surface area contributed by atoms with Crippen molar-refractivity contribution in [2.75, 3.05) is 32.7 Å². The van der Waals surface area contributed by atoms with Crippen LogP contribution in [0.1, 0.15) is 51.2 Å². The van der Waals surface area contributed by atoms with Gasteiger partial charge in [0.15, 0.2) is 5.96 Å². The fourth-order valence-corrected chi connectivity index (χ4v) is 3.24. The minimum absolute atomic E-state index is 0. The van der Waals surface area contributed by atoms with Crippen LogP contribution in [0.4, 0.5) is 13.2 Å². The van der Waals surface area contributed by atoms with Gasteiger partial charge in [0.05, 0.1) is 12.1 Å². The molecule has 0 spiro atoms. The molecule has 30 heavy (non-hydrogen) atoms. The summed E-state index contributed by atoms with van der Waals surface area (Å²) in [6.45, 7) is 8.97. The van der Waals surface area contributed by atoms with Gasteiger partial charge in [-0.1, -0.05) is 32.0 Å². The zero-order valence-electron chi connectivity index (χ0n) is 17.8. The van der Waals surface area contributed by atoms with E-state index in [4.69, 9.17) is 0 Å². The number of alkyl halides is 3. The summed E-state index contributed by atoms with van der Waals surface area (Å²) < 4.78 is 39.0. The summed E-state index contributed by atoms with van der Waals surface area (Å²) in [4.78, 5) is 18.1. The van der Waals surface area contributed by atoms with E-state index in [2.05, 4.69) is 15.6 Å². The minimum atomic E-state index is -4.36. The number of carbonyl (C=O) groups excluding carboxylic acids is 1. The van der Waals surface area contributed by atoms with Crippen molar-refractivity contribution >= 4 is 35.8 Å². The van der Waals surface area contributed by atoms with Gasteiger partial charge in [-0.3, -0.25) is 9.79 Å². The normalized spacial score (nSPS) is 15.2. The number of nitrogens with zero attached hydrogens (tertiary/aromatic N) is 2. The highest BCUT2D eigenvalue weighted by molar-refractivity contribution is 14.0. The van der Waals surface area contributed by atoms with Gasteiger partial charge in [-0.15, -0.1) is 24.0 Å². The minimum Gasteiger partial charge on any atom is -0.357 e. The van der Waals surface area contributed by atoms with Crippen molar-refractivity contribution < 1.29 is 18.0 Å². The lowest BCUT2D eigenvalue weighted by Gasteiger charge is -2.25. The Morgan fingerprint density at radius 3 is 2.50 bits per heavy atom. The van der Waals surface area contributed by atoms with E-state index in [0.29, 0.717) is 37.6 Å². The summed E-state index contributed by atoms with van der Waals surface area (Å²) in [7, 11) is 0. The standard InChI is InChI=1S/C21H31F3N4O.HI/c1-4-25-19(26-11-7-13-28-12-6-10-18(28)29)27-15-20(2,3)16-8-5-9-17(14-16)21(22,23)24;/h5,8-9,14H,4,6-7,10-13,15H2,1-3H3,(H2,25,26,27);1H. The van der Waals surface area contributed by atoms with Crippen LogP contribution in [0.3, 0.4) is 0 Å². The summed E-state index contributed by atoms with van der Waals surface area (Å²) in [5.74, 6) is 0.841. The van der Waals surface area contributed by atoms with E-state index in [-0.39, 0.29) is 29.9 Å². The predicted molar refractivity (Wildman–Crippen MR) is 124 cm³/mol. The molecule has 0 bridgehead atoms. The van der Waals surface area contributed by atoms with Crippen molar-refractivity contribution in [2.24, 2.45) is 4.99 Å². The molecule has 0 radical (unpaired) electrons. The molecule has 1 amide bonds. The van der Waals surface area contributed by atoms with Crippen molar-refractivity contribution in [1.29, 1.82) is 0 Å². The van der Waals surface area contributed by atoms with Crippen LogP contribution in [0, 0.1) is 0 Å². The number of guanidine groups is 1. The first-order valence-electron chi connectivity index (χ1n) is 10.1. The average molecular weight is 540 g/mol. The molecule has 1 aliphatic rings. The molecule has 170 valence electrons. The summed E-state index contributed by atoms with van der Waals surface area (Å²) in [6, 6.07) is 5.42. The Labute approximate surface area is 193 Å². The molecule has 1 aliphatic heterocycles. The van der Waals surface area contributed by atoms with Gasteiger partial charge in [-0.25, -0.2) is 0 Å². The van der Waals surface area contributed by atoms with E-state index in [9.17, 15) is 18.0 Å². The first-order valence-corrected chi connectivity index (χ1v) is 10.1.